The normalized spacial score (nSPS) is 20.4. The number of carbonyl (C=O) groups excluding carboxylic acids is 1. The van der Waals surface area contributed by atoms with Gasteiger partial charge in [-0.25, -0.2) is 0 Å². The van der Waals surface area contributed by atoms with Crippen LogP contribution in [0.5, 0.6) is 0 Å². The molecule has 1 amide bonds. The minimum absolute atomic E-state index is 0.00522. The zero-order chi connectivity index (χ0) is 10.2. The number of terminal acetylenes is 1. The zero-order valence-corrected chi connectivity index (χ0v) is 8.21. The van der Waals surface area contributed by atoms with Gasteiger partial charge in [0.2, 0.25) is 5.91 Å². The molecule has 0 aromatic rings. The maximum atomic E-state index is 11.1. The average molecular weight is 196 g/mol. The van der Waals surface area contributed by atoms with Crippen molar-refractivity contribution in [2.75, 3.05) is 26.3 Å². The molecule has 0 bridgehead atoms. The molecule has 0 aromatic carbocycles. The Kier molecular flexibility index (Phi) is 5.05. The monoisotopic (exact) mass is 196 g/mol. The summed E-state index contributed by atoms with van der Waals surface area (Å²) in [5.41, 5.74) is 0. The molecule has 0 spiro atoms. The molecule has 1 atom stereocenters. The summed E-state index contributed by atoms with van der Waals surface area (Å²) in [6, 6.07) is 0.412. The van der Waals surface area contributed by atoms with E-state index in [1.54, 1.807) is 0 Å². The minimum Gasteiger partial charge on any atom is -0.380 e. The fraction of sp³-hybridized carbons (Fsp3) is 0.700. The Hall–Kier alpha value is -1.05. The van der Waals surface area contributed by atoms with Crippen LogP contribution < -0.4 is 10.6 Å². The molecule has 0 saturated carbocycles. The zero-order valence-electron chi connectivity index (χ0n) is 8.21. The summed E-state index contributed by atoms with van der Waals surface area (Å²) in [5.74, 6) is 2.35. The van der Waals surface area contributed by atoms with Crippen molar-refractivity contribution in [3.8, 4) is 12.3 Å². The molecule has 0 radical (unpaired) electrons. The van der Waals surface area contributed by atoms with Crippen LogP contribution in [-0.4, -0.2) is 38.3 Å². The second-order valence-corrected chi connectivity index (χ2v) is 3.25. The molecule has 1 heterocycles. The predicted molar refractivity (Wildman–Crippen MR) is 53.7 cm³/mol. The number of carbonyl (C=O) groups is 1. The van der Waals surface area contributed by atoms with Crippen LogP contribution in [0.2, 0.25) is 0 Å². The van der Waals surface area contributed by atoms with Gasteiger partial charge in [-0.3, -0.25) is 4.79 Å². The smallest absolute Gasteiger partial charge is 0.222 e. The van der Waals surface area contributed by atoms with E-state index in [9.17, 15) is 4.79 Å². The predicted octanol–water partition coefficient (Wildman–Crippen LogP) is -0.496. The number of hydrogen-bond acceptors (Lipinski definition) is 3. The third kappa shape index (κ3) is 4.26. The summed E-state index contributed by atoms with van der Waals surface area (Å²) in [6.07, 6.45) is 6.51. The van der Waals surface area contributed by atoms with E-state index in [4.69, 9.17) is 11.2 Å². The highest BCUT2D eigenvalue weighted by Gasteiger charge is 2.14. The molecule has 4 nitrogen and oxygen atoms in total. The van der Waals surface area contributed by atoms with Crippen LogP contribution in [0.25, 0.3) is 0 Å². The Balaban J connectivity index is 1.97. The summed E-state index contributed by atoms with van der Waals surface area (Å²) < 4.78 is 5.19. The van der Waals surface area contributed by atoms with Crippen LogP contribution >= 0.6 is 0 Å². The Morgan fingerprint density at radius 3 is 3.14 bits per heavy atom. The summed E-state index contributed by atoms with van der Waals surface area (Å²) in [6.45, 7) is 2.57. The molecule has 1 unspecified atom stereocenters. The molecule has 4 heteroatoms. The molecular weight excluding hydrogens is 180 g/mol. The van der Waals surface area contributed by atoms with E-state index in [0.29, 0.717) is 25.6 Å². The molecule has 1 aliphatic rings. The van der Waals surface area contributed by atoms with Gasteiger partial charge in [0.15, 0.2) is 0 Å². The second kappa shape index (κ2) is 6.41. The number of amides is 1. The SMILES string of the molecule is C#CCNC(=O)CCNC1CCOC1. The number of ether oxygens (including phenoxy) is 1. The molecule has 1 aliphatic heterocycles. The maximum absolute atomic E-state index is 11.1. The lowest BCUT2D eigenvalue weighted by molar-refractivity contribution is -0.120. The van der Waals surface area contributed by atoms with Crippen molar-refractivity contribution in [2.24, 2.45) is 0 Å². The summed E-state index contributed by atoms with van der Waals surface area (Å²) in [7, 11) is 0. The summed E-state index contributed by atoms with van der Waals surface area (Å²) >= 11 is 0. The topological polar surface area (TPSA) is 50.4 Å². The standard InChI is InChI=1S/C10H16N2O2/c1-2-5-12-10(13)3-6-11-9-4-7-14-8-9/h1,9,11H,3-8H2,(H,12,13). The lowest BCUT2D eigenvalue weighted by Gasteiger charge is -2.09. The van der Waals surface area contributed by atoms with Gasteiger partial charge in [-0.05, 0) is 6.42 Å². The third-order valence-corrected chi connectivity index (χ3v) is 2.10. The molecule has 0 aliphatic carbocycles. The van der Waals surface area contributed by atoms with Gasteiger partial charge in [0.25, 0.3) is 0 Å². The van der Waals surface area contributed by atoms with Crippen molar-refractivity contribution in [2.45, 2.75) is 18.9 Å². The fourth-order valence-electron chi connectivity index (χ4n) is 1.32. The number of rotatable bonds is 5. The first kappa shape index (κ1) is 11.0. The van der Waals surface area contributed by atoms with Crippen LogP contribution in [0, 0.1) is 12.3 Å². The number of hydrogen-bond donors (Lipinski definition) is 2. The van der Waals surface area contributed by atoms with Gasteiger partial charge < -0.3 is 15.4 Å². The Morgan fingerprint density at radius 2 is 2.50 bits per heavy atom. The largest absolute Gasteiger partial charge is 0.380 e. The molecule has 14 heavy (non-hydrogen) atoms. The molecule has 1 fully saturated rings. The number of nitrogens with one attached hydrogen (secondary N) is 2. The van der Waals surface area contributed by atoms with Crippen molar-refractivity contribution in [1.29, 1.82) is 0 Å². The summed E-state index contributed by atoms with van der Waals surface area (Å²) in [4.78, 5) is 11.1. The van der Waals surface area contributed by atoms with Gasteiger partial charge >= 0.3 is 0 Å². The molecular formula is C10H16N2O2. The van der Waals surface area contributed by atoms with E-state index in [2.05, 4.69) is 16.6 Å². The highest BCUT2D eigenvalue weighted by molar-refractivity contribution is 5.76. The Labute approximate surface area is 84.4 Å². The molecule has 1 saturated heterocycles. The van der Waals surface area contributed by atoms with Crippen molar-refractivity contribution >= 4 is 5.91 Å². The lowest BCUT2D eigenvalue weighted by Crippen LogP contribution is -2.33. The first-order chi connectivity index (χ1) is 6.83. The highest BCUT2D eigenvalue weighted by Crippen LogP contribution is 2.02. The van der Waals surface area contributed by atoms with Crippen molar-refractivity contribution in [3.63, 3.8) is 0 Å². The van der Waals surface area contributed by atoms with Crippen LogP contribution in [0.1, 0.15) is 12.8 Å². The minimum atomic E-state index is -0.00522. The van der Waals surface area contributed by atoms with Gasteiger partial charge in [0.05, 0.1) is 13.2 Å². The molecule has 78 valence electrons. The van der Waals surface area contributed by atoms with Gasteiger partial charge in [-0.2, -0.15) is 0 Å². The average Bonchev–Trinajstić information content (AvgIpc) is 2.67. The van der Waals surface area contributed by atoms with Crippen molar-refractivity contribution in [1.82, 2.24) is 10.6 Å². The molecule has 0 aromatic heterocycles. The van der Waals surface area contributed by atoms with Crippen LogP contribution in [0.15, 0.2) is 0 Å². The van der Waals surface area contributed by atoms with Crippen LogP contribution in [-0.2, 0) is 9.53 Å². The Bertz CT molecular complexity index is 217. The van der Waals surface area contributed by atoms with Crippen molar-refractivity contribution < 1.29 is 9.53 Å². The van der Waals surface area contributed by atoms with Gasteiger partial charge in [-0.1, -0.05) is 5.92 Å². The van der Waals surface area contributed by atoms with Crippen LogP contribution in [0.3, 0.4) is 0 Å². The van der Waals surface area contributed by atoms with E-state index in [1.807, 2.05) is 0 Å². The van der Waals surface area contributed by atoms with E-state index in [-0.39, 0.29) is 5.91 Å². The van der Waals surface area contributed by atoms with Crippen molar-refractivity contribution in [3.05, 3.63) is 0 Å². The highest BCUT2D eigenvalue weighted by atomic mass is 16.5. The van der Waals surface area contributed by atoms with E-state index in [0.717, 1.165) is 19.6 Å². The second-order valence-electron chi connectivity index (χ2n) is 3.25. The van der Waals surface area contributed by atoms with Gasteiger partial charge in [0, 0.05) is 25.6 Å². The van der Waals surface area contributed by atoms with Gasteiger partial charge in [0.1, 0.15) is 0 Å². The Morgan fingerprint density at radius 1 is 1.64 bits per heavy atom. The van der Waals surface area contributed by atoms with E-state index >= 15 is 0 Å². The molecule has 1 rings (SSSR count). The van der Waals surface area contributed by atoms with Crippen LogP contribution in [0.4, 0.5) is 0 Å². The van der Waals surface area contributed by atoms with Gasteiger partial charge in [-0.15, -0.1) is 6.42 Å². The first-order valence-electron chi connectivity index (χ1n) is 4.84. The van der Waals surface area contributed by atoms with E-state index < -0.39 is 0 Å². The first-order valence-corrected chi connectivity index (χ1v) is 4.84. The van der Waals surface area contributed by atoms with E-state index in [1.165, 1.54) is 0 Å². The summed E-state index contributed by atoms with van der Waals surface area (Å²) in [5, 5.41) is 5.86. The maximum Gasteiger partial charge on any atom is 0.222 e. The third-order valence-electron chi connectivity index (χ3n) is 2.10. The quantitative estimate of drug-likeness (QED) is 0.583. The lowest BCUT2D eigenvalue weighted by atomic mass is 10.2. The fourth-order valence-corrected chi connectivity index (χ4v) is 1.32. The molecule has 2 N–H and O–H groups in total.